The van der Waals surface area contributed by atoms with Crippen molar-refractivity contribution < 1.29 is 14.3 Å². The molecule has 2 N–H and O–H groups in total. The lowest BCUT2D eigenvalue weighted by atomic mass is 10.0. The zero-order valence-corrected chi connectivity index (χ0v) is 11.3. The number of carbonyl (C=O) groups excluding carboxylic acids is 1. The summed E-state index contributed by atoms with van der Waals surface area (Å²) in [7, 11) is 1.62. The average Bonchev–Trinajstić information content (AvgIpc) is 2.88. The van der Waals surface area contributed by atoms with Crippen LogP contribution in [0.3, 0.4) is 0 Å². The number of hydrogen-bond donors (Lipinski definition) is 2. The highest BCUT2D eigenvalue weighted by Gasteiger charge is 2.33. The predicted molar refractivity (Wildman–Crippen MR) is 73.4 cm³/mol. The molecule has 1 heterocycles. The van der Waals surface area contributed by atoms with Crippen molar-refractivity contribution in [3.63, 3.8) is 0 Å². The van der Waals surface area contributed by atoms with Crippen molar-refractivity contribution in [2.45, 2.75) is 13.0 Å². The summed E-state index contributed by atoms with van der Waals surface area (Å²) in [6.45, 7) is 3.92. The van der Waals surface area contributed by atoms with Gasteiger partial charge in [-0.1, -0.05) is 6.92 Å². The first-order chi connectivity index (χ1) is 9.24. The number of benzene rings is 1. The Kier molecular flexibility index (Phi) is 4.76. The molecule has 0 aliphatic carbocycles. The number of ether oxygens (including phenoxy) is 2. The molecule has 1 aromatic carbocycles. The molecular weight excluding hydrogens is 244 g/mol. The van der Waals surface area contributed by atoms with Crippen molar-refractivity contribution in [1.29, 1.82) is 0 Å². The van der Waals surface area contributed by atoms with Crippen LogP contribution in [0.5, 0.6) is 5.75 Å². The molecule has 5 heteroatoms. The third-order valence-electron chi connectivity index (χ3n) is 3.24. The Balaban J connectivity index is 1.95. The average molecular weight is 264 g/mol. The highest BCUT2D eigenvalue weighted by Crippen LogP contribution is 2.19. The quantitative estimate of drug-likeness (QED) is 0.840. The molecular formula is C14H20N2O3. The van der Waals surface area contributed by atoms with E-state index in [1.165, 1.54) is 0 Å². The van der Waals surface area contributed by atoms with E-state index in [-0.39, 0.29) is 17.9 Å². The molecule has 1 fully saturated rings. The van der Waals surface area contributed by atoms with Gasteiger partial charge >= 0.3 is 0 Å². The van der Waals surface area contributed by atoms with Gasteiger partial charge in [0.25, 0.3) is 0 Å². The minimum Gasteiger partial charge on any atom is -0.497 e. The molecule has 5 nitrogen and oxygen atoms in total. The predicted octanol–water partition coefficient (Wildman–Crippen LogP) is 1.26. The molecule has 1 saturated heterocycles. The summed E-state index contributed by atoms with van der Waals surface area (Å²) in [5, 5.41) is 6.18. The molecule has 1 amide bonds. The fourth-order valence-corrected chi connectivity index (χ4v) is 2.19. The Bertz CT molecular complexity index is 419. The summed E-state index contributed by atoms with van der Waals surface area (Å²) in [5.74, 6) is 0.628. The van der Waals surface area contributed by atoms with Gasteiger partial charge < -0.3 is 20.1 Å². The van der Waals surface area contributed by atoms with Crippen LogP contribution in [0.2, 0.25) is 0 Å². The third-order valence-corrected chi connectivity index (χ3v) is 3.24. The van der Waals surface area contributed by atoms with Crippen LogP contribution >= 0.6 is 0 Å². The Hall–Kier alpha value is -1.59. The summed E-state index contributed by atoms with van der Waals surface area (Å²) >= 11 is 0. The maximum Gasteiger partial charge on any atom is 0.231 e. The van der Waals surface area contributed by atoms with Crippen LogP contribution in [0.1, 0.15) is 6.92 Å². The summed E-state index contributed by atoms with van der Waals surface area (Å²) in [5.41, 5.74) is 0.771. The number of methoxy groups -OCH3 is 1. The van der Waals surface area contributed by atoms with Gasteiger partial charge in [0.2, 0.25) is 5.91 Å². The molecule has 2 atom stereocenters. The lowest BCUT2D eigenvalue weighted by Crippen LogP contribution is -2.41. The highest BCUT2D eigenvalue weighted by molar-refractivity contribution is 5.93. The third kappa shape index (κ3) is 3.45. The monoisotopic (exact) mass is 264 g/mol. The maximum atomic E-state index is 12.2. The second-order valence-electron chi connectivity index (χ2n) is 4.53. The molecule has 104 valence electrons. The number of anilines is 1. The first-order valence-corrected chi connectivity index (χ1v) is 6.50. The van der Waals surface area contributed by atoms with Gasteiger partial charge in [-0.15, -0.1) is 0 Å². The minimum absolute atomic E-state index is 0.00591. The minimum atomic E-state index is -0.137. The number of nitrogens with one attached hydrogen (secondary N) is 2. The van der Waals surface area contributed by atoms with Crippen LogP contribution in [-0.2, 0) is 9.53 Å². The zero-order valence-electron chi connectivity index (χ0n) is 11.3. The van der Waals surface area contributed by atoms with Gasteiger partial charge in [-0.2, -0.15) is 0 Å². The fourth-order valence-electron chi connectivity index (χ4n) is 2.19. The molecule has 2 rings (SSSR count). The topological polar surface area (TPSA) is 59.6 Å². The van der Waals surface area contributed by atoms with E-state index < -0.39 is 0 Å². The van der Waals surface area contributed by atoms with Gasteiger partial charge in [-0.25, -0.2) is 0 Å². The van der Waals surface area contributed by atoms with Crippen LogP contribution in [0.4, 0.5) is 5.69 Å². The van der Waals surface area contributed by atoms with Crippen molar-refractivity contribution in [2.24, 2.45) is 5.92 Å². The van der Waals surface area contributed by atoms with Crippen LogP contribution < -0.4 is 15.4 Å². The fraction of sp³-hybridized carbons (Fsp3) is 0.500. The summed E-state index contributed by atoms with van der Waals surface area (Å²) in [4.78, 5) is 12.2. The van der Waals surface area contributed by atoms with Crippen molar-refractivity contribution in [3.8, 4) is 5.75 Å². The molecule has 0 radical (unpaired) electrons. The van der Waals surface area contributed by atoms with Crippen LogP contribution in [0.25, 0.3) is 0 Å². The molecule has 1 aliphatic rings. The molecule has 0 saturated carbocycles. The number of rotatable bonds is 5. The van der Waals surface area contributed by atoms with E-state index in [0.717, 1.165) is 18.0 Å². The first-order valence-electron chi connectivity index (χ1n) is 6.50. The van der Waals surface area contributed by atoms with Gasteiger partial charge in [0.05, 0.1) is 26.2 Å². The van der Waals surface area contributed by atoms with Gasteiger partial charge in [-0.3, -0.25) is 4.79 Å². The van der Waals surface area contributed by atoms with Crippen molar-refractivity contribution >= 4 is 11.6 Å². The lowest BCUT2D eigenvalue weighted by Gasteiger charge is -2.17. The zero-order chi connectivity index (χ0) is 13.7. The second-order valence-corrected chi connectivity index (χ2v) is 4.53. The molecule has 0 spiro atoms. The standard InChI is InChI=1S/C14H20N2O3/c1-3-15-13-9-19-8-12(13)14(17)16-10-4-6-11(18-2)7-5-10/h4-7,12-13,15H,3,8-9H2,1-2H3,(H,16,17). The number of hydrogen-bond acceptors (Lipinski definition) is 4. The van der Waals surface area contributed by atoms with Gasteiger partial charge in [0, 0.05) is 11.7 Å². The Labute approximate surface area is 113 Å². The summed E-state index contributed by atoms with van der Waals surface area (Å²) < 4.78 is 10.5. The van der Waals surface area contributed by atoms with Gasteiger partial charge in [-0.05, 0) is 30.8 Å². The van der Waals surface area contributed by atoms with Crippen molar-refractivity contribution in [1.82, 2.24) is 5.32 Å². The van der Waals surface area contributed by atoms with E-state index in [4.69, 9.17) is 9.47 Å². The van der Waals surface area contributed by atoms with E-state index in [2.05, 4.69) is 10.6 Å². The van der Waals surface area contributed by atoms with Crippen LogP contribution in [0.15, 0.2) is 24.3 Å². The highest BCUT2D eigenvalue weighted by atomic mass is 16.5. The molecule has 0 bridgehead atoms. The lowest BCUT2D eigenvalue weighted by molar-refractivity contribution is -0.120. The SMILES string of the molecule is CCNC1COCC1C(=O)Nc1ccc(OC)cc1. The smallest absolute Gasteiger partial charge is 0.231 e. The van der Waals surface area contributed by atoms with Crippen LogP contribution in [-0.4, -0.2) is 38.8 Å². The van der Waals surface area contributed by atoms with E-state index in [1.807, 2.05) is 31.2 Å². The van der Waals surface area contributed by atoms with Crippen LogP contribution in [0, 0.1) is 5.92 Å². The summed E-state index contributed by atoms with van der Waals surface area (Å²) in [6.07, 6.45) is 0. The van der Waals surface area contributed by atoms with E-state index in [0.29, 0.717) is 13.2 Å². The van der Waals surface area contributed by atoms with Crippen molar-refractivity contribution in [2.75, 3.05) is 32.2 Å². The largest absolute Gasteiger partial charge is 0.497 e. The first kappa shape index (κ1) is 13.8. The van der Waals surface area contributed by atoms with E-state index >= 15 is 0 Å². The molecule has 1 aromatic rings. The Morgan fingerprint density at radius 2 is 2.11 bits per heavy atom. The Morgan fingerprint density at radius 3 is 2.74 bits per heavy atom. The van der Waals surface area contributed by atoms with E-state index in [1.54, 1.807) is 7.11 Å². The molecule has 19 heavy (non-hydrogen) atoms. The molecule has 0 aromatic heterocycles. The number of likely N-dealkylation sites (N-methyl/N-ethyl adjacent to an activating group) is 1. The van der Waals surface area contributed by atoms with Gasteiger partial charge in [0.15, 0.2) is 0 Å². The maximum absolute atomic E-state index is 12.2. The molecule has 1 aliphatic heterocycles. The number of amides is 1. The number of carbonyl (C=O) groups is 1. The van der Waals surface area contributed by atoms with E-state index in [9.17, 15) is 4.79 Å². The summed E-state index contributed by atoms with van der Waals surface area (Å²) in [6, 6.07) is 7.40. The van der Waals surface area contributed by atoms with Gasteiger partial charge in [0.1, 0.15) is 5.75 Å². The van der Waals surface area contributed by atoms with Crippen molar-refractivity contribution in [3.05, 3.63) is 24.3 Å². The normalized spacial score (nSPS) is 22.2. The second kappa shape index (κ2) is 6.54. The Morgan fingerprint density at radius 1 is 1.37 bits per heavy atom. The molecule has 2 unspecified atom stereocenters.